The van der Waals surface area contributed by atoms with E-state index in [4.69, 9.17) is 14.7 Å². The maximum Gasteiger partial charge on any atom is 0.329 e. The van der Waals surface area contributed by atoms with Crippen LogP contribution in [0.5, 0.6) is 0 Å². The molecule has 0 aromatic rings. The summed E-state index contributed by atoms with van der Waals surface area (Å²) in [4.78, 5) is 26.0. The van der Waals surface area contributed by atoms with Crippen LogP contribution < -0.4 is 0 Å². The van der Waals surface area contributed by atoms with Crippen LogP contribution in [-0.2, 0) is 19.1 Å². The van der Waals surface area contributed by atoms with Gasteiger partial charge in [0.1, 0.15) is 6.04 Å². The van der Waals surface area contributed by atoms with Crippen LogP contribution in [0.3, 0.4) is 0 Å². The molecule has 110 valence electrons. The van der Waals surface area contributed by atoms with Crippen molar-refractivity contribution in [2.45, 2.75) is 51.4 Å². The summed E-state index contributed by atoms with van der Waals surface area (Å²) < 4.78 is 10.9. The first-order valence-electron chi connectivity index (χ1n) is 6.94. The first kappa shape index (κ1) is 14.8. The molecule has 0 saturated carbocycles. The van der Waals surface area contributed by atoms with Crippen molar-refractivity contribution >= 4 is 11.9 Å². The summed E-state index contributed by atoms with van der Waals surface area (Å²) in [7, 11) is 0. The lowest BCUT2D eigenvalue weighted by atomic mass is 10.0. The molecule has 0 spiro atoms. The van der Waals surface area contributed by atoms with E-state index < -0.39 is 11.6 Å². The second-order valence-corrected chi connectivity index (χ2v) is 5.74. The van der Waals surface area contributed by atoms with Crippen molar-refractivity contribution in [2.75, 3.05) is 13.2 Å². The van der Waals surface area contributed by atoms with Crippen LogP contribution in [-0.4, -0.2) is 47.7 Å². The number of carbonyl (C=O) groups is 2. The SMILES string of the molecule is CC(C#N)[C@H](C)OC[C@]1(C)OC(=O)[C@H]2CCCN2C1=O. The first-order valence-corrected chi connectivity index (χ1v) is 6.94. The molecule has 0 N–H and O–H groups in total. The highest BCUT2D eigenvalue weighted by Gasteiger charge is 2.52. The predicted octanol–water partition coefficient (Wildman–Crippen LogP) is 0.858. The Morgan fingerprint density at radius 3 is 2.90 bits per heavy atom. The first-order chi connectivity index (χ1) is 9.39. The third-order valence-electron chi connectivity index (χ3n) is 4.09. The number of hydrogen-bond acceptors (Lipinski definition) is 5. The fraction of sp³-hybridized carbons (Fsp3) is 0.786. The maximum atomic E-state index is 12.4. The number of nitrogens with zero attached hydrogens (tertiary/aromatic N) is 2. The fourth-order valence-electron chi connectivity index (χ4n) is 2.52. The van der Waals surface area contributed by atoms with Gasteiger partial charge in [0.15, 0.2) is 0 Å². The van der Waals surface area contributed by atoms with E-state index in [1.165, 1.54) is 0 Å². The van der Waals surface area contributed by atoms with Crippen LogP contribution in [0.2, 0.25) is 0 Å². The Balaban J connectivity index is 2.04. The Morgan fingerprint density at radius 1 is 1.55 bits per heavy atom. The third-order valence-corrected chi connectivity index (χ3v) is 4.09. The van der Waals surface area contributed by atoms with E-state index in [1.807, 2.05) is 0 Å². The van der Waals surface area contributed by atoms with Crippen molar-refractivity contribution in [3.8, 4) is 6.07 Å². The van der Waals surface area contributed by atoms with Crippen LogP contribution >= 0.6 is 0 Å². The van der Waals surface area contributed by atoms with Gasteiger partial charge >= 0.3 is 5.97 Å². The quantitative estimate of drug-likeness (QED) is 0.713. The lowest BCUT2D eigenvalue weighted by Crippen LogP contribution is -2.61. The van der Waals surface area contributed by atoms with Gasteiger partial charge in [-0.3, -0.25) is 4.79 Å². The Hall–Kier alpha value is -1.61. The lowest BCUT2D eigenvalue weighted by molar-refractivity contribution is -0.197. The van der Waals surface area contributed by atoms with Crippen molar-refractivity contribution in [1.82, 2.24) is 4.90 Å². The van der Waals surface area contributed by atoms with Gasteiger partial charge in [0, 0.05) is 6.54 Å². The summed E-state index contributed by atoms with van der Waals surface area (Å²) in [6, 6.07) is 1.67. The smallest absolute Gasteiger partial charge is 0.329 e. The fourth-order valence-corrected chi connectivity index (χ4v) is 2.52. The van der Waals surface area contributed by atoms with Crippen LogP contribution in [0, 0.1) is 17.2 Å². The molecule has 6 nitrogen and oxygen atoms in total. The zero-order valence-corrected chi connectivity index (χ0v) is 12.1. The van der Waals surface area contributed by atoms with Gasteiger partial charge in [-0.15, -0.1) is 0 Å². The molecule has 20 heavy (non-hydrogen) atoms. The van der Waals surface area contributed by atoms with E-state index in [-0.39, 0.29) is 30.5 Å². The zero-order valence-electron chi connectivity index (χ0n) is 12.1. The van der Waals surface area contributed by atoms with E-state index in [0.717, 1.165) is 6.42 Å². The molecule has 2 rings (SSSR count). The monoisotopic (exact) mass is 280 g/mol. The minimum atomic E-state index is -1.28. The summed E-state index contributed by atoms with van der Waals surface area (Å²) in [5.41, 5.74) is -1.28. The second kappa shape index (κ2) is 5.41. The number of carbonyl (C=O) groups excluding carboxylic acids is 2. The predicted molar refractivity (Wildman–Crippen MR) is 69.4 cm³/mol. The molecule has 2 aliphatic heterocycles. The van der Waals surface area contributed by atoms with Gasteiger partial charge in [0.2, 0.25) is 5.60 Å². The molecular weight excluding hydrogens is 260 g/mol. The van der Waals surface area contributed by atoms with Crippen molar-refractivity contribution < 1.29 is 19.1 Å². The Kier molecular flexibility index (Phi) is 4.00. The number of esters is 1. The minimum Gasteiger partial charge on any atom is -0.445 e. The van der Waals surface area contributed by atoms with Crippen molar-refractivity contribution in [1.29, 1.82) is 5.26 Å². The number of ether oxygens (including phenoxy) is 2. The number of morpholine rings is 1. The minimum absolute atomic E-state index is 0.0199. The highest BCUT2D eigenvalue weighted by Crippen LogP contribution is 2.31. The number of fused-ring (bicyclic) bond motifs is 1. The van der Waals surface area contributed by atoms with Gasteiger partial charge in [-0.05, 0) is 33.6 Å². The average Bonchev–Trinajstić information content (AvgIpc) is 2.91. The Morgan fingerprint density at radius 2 is 2.25 bits per heavy atom. The standard InChI is InChI=1S/C14H20N2O4/c1-9(7-15)10(2)19-8-14(3)13(18)16-6-4-5-11(16)12(17)20-14/h9-11H,4-6,8H2,1-3H3/t9?,10-,11+,14-/m0/s1. The molecule has 1 unspecified atom stereocenters. The van der Waals surface area contributed by atoms with E-state index >= 15 is 0 Å². The van der Waals surface area contributed by atoms with Gasteiger partial charge in [-0.2, -0.15) is 5.26 Å². The maximum absolute atomic E-state index is 12.4. The molecule has 0 aromatic heterocycles. The summed E-state index contributed by atoms with van der Waals surface area (Å²) in [5.74, 6) is -0.835. The zero-order chi connectivity index (χ0) is 14.9. The summed E-state index contributed by atoms with van der Waals surface area (Å²) in [6.45, 7) is 5.67. The van der Waals surface area contributed by atoms with Crippen molar-refractivity contribution in [3.05, 3.63) is 0 Å². The lowest BCUT2D eigenvalue weighted by Gasteiger charge is -2.40. The van der Waals surface area contributed by atoms with Gasteiger partial charge in [0.25, 0.3) is 5.91 Å². The molecule has 0 aromatic carbocycles. The van der Waals surface area contributed by atoms with E-state index in [0.29, 0.717) is 13.0 Å². The second-order valence-electron chi connectivity index (χ2n) is 5.74. The normalized spacial score (nSPS) is 32.3. The molecule has 2 aliphatic rings. The van der Waals surface area contributed by atoms with Crippen LogP contribution in [0.1, 0.15) is 33.6 Å². The Labute approximate surface area is 118 Å². The molecule has 2 saturated heterocycles. The largest absolute Gasteiger partial charge is 0.445 e. The molecule has 0 aliphatic carbocycles. The highest BCUT2D eigenvalue weighted by molar-refractivity contribution is 5.95. The van der Waals surface area contributed by atoms with Gasteiger partial charge < -0.3 is 14.4 Å². The van der Waals surface area contributed by atoms with E-state index in [1.54, 1.807) is 25.7 Å². The van der Waals surface area contributed by atoms with Crippen molar-refractivity contribution in [2.24, 2.45) is 5.92 Å². The summed E-state index contributed by atoms with van der Waals surface area (Å²) >= 11 is 0. The van der Waals surface area contributed by atoms with Crippen molar-refractivity contribution in [3.63, 3.8) is 0 Å². The number of hydrogen-bond donors (Lipinski definition) is 0. The van der Waals surface area contributed by atoms with Crippen LogP contribution in [0.25, 0.3) is 0 Å². The number of rotatable bonds is 4. The van der Waals surface area contributed by atoms with Crippen LogP contribution in [0.15, 0.2) is 0 Å². The molecule has 0 radical (unpaired) electrons. The molecule has 2 fully saturated rings. The molecule has 2 heterocycles. The highest BCUT2D eigenvalue weighted by atomic mass is 16.6. The number of cyclic esters (lactones) is 1. The summed E-state index contributed by atoms with van der Waals surface area (Å²) in [5, 5.41) is 8.83. The average molecular weight is 280 g/mol. The van der Waals surface area contributed by atoms with E-state index in [2.05, 4.69) is 6.07 Å². The molecule has 1 amide bonds. The summed E-state index contributed by atoms with van der Waals surface area (Å²) in [6.07, 6.45) is 1.17. The Bertz CT molecular complexity index is 459. The molecular formula is C14H20N2O4. The third kappa shape index (κ3) is 2.50. The number of amides is 1. The molecule has 6 heteroatoms. The van der Waals surface area contributed by atoms with Crippen LogP contribution in [0.4, 0.5) is 0 Å². The molecule has 4 atom stereocenters. The topological polar surface area (TPSA) is 79.6 Å². The van der Waals surface area contributed by atoms with Gasteiger partial charge in [-0.1, -0.05) is 0 Å². The van der Waals surface area contributed by atoms with Gasteiger partial charge in [0.05, 0.1) is 24.7 Å². The van der Waals surface area contributed by atoms with E-state index in [9.17, 15) is 9.59 Å². The molecule has 0 bridgehead atoms. The number of nitriles is 1. The van der Waals surface area contributed by atoms with Gasteiger partial charge in [-0.25, -0.2) is 4.79 Å².